The first kappa shape index (κ1) is 37.4. The van der Waals surface area contributed by atoms with Crippen molar-refractivity contribution < 1.29 is 38.4 Å². The molecule has 4 rings (SSSR count). The fourth-order valence-electron chi connectivity index (χ4n) is 5.36. The SMILES string of the molecule is CCCCOC1[C@H](O)C(COC(=O)c2ccccc2)O[C@@H](OCCCCCN(Cc2ccccc2)C(=O)OCc2ccccc2)[C@H]1N=[N+]=[N-]. The molecule has 1 aliphatic heterocycles. The summed E-state index contributed by atoms with van der Waals surface area (Å²) in [6, 6.07) is 26.9. The van der Waals surface area contributed by atoms with Crippen LogP contribution >= 0.6 is 0 Å². The zero-order chi connectivity index (χ0) is 34.7. The molecule has 0 bridgehead atoms. The predicted octanol–water partition coefficient (Wildman–Crippen LogP) is 6.82. The first-order valence-electron chi connectivity index (χ1n) is 16.8. The Labute approximate surface area is 287 Å². The third-order valence-electron chi connectivity index (χ3n) is 8.06. The Kier molecular flexibility index (Phi) is 15.9. The molecule has 1 heterocycles. The van der Waals surface area contributed by atoms with E-state index in [0.717, 1.165) is 30.4 Å². The second kappa shape index (κ2) is 20.8. The average Bonchev–Trinajstić information content (AvgIpc) is 3.14. The molecule has 0 aromatic heterocycles. The molecule has 0 radical (unpaired) electrons. The molecule has 0 spiro atoms. The molecular formula is C37H46N4O8. The Bertz CT molecular complexity index is 1440. The van der Waals surface area contributed by atoms with Crippen molar-refractivity contribution in [2.75, 3.05) is 26.4 Å². The molecule has 12 heteroatoms. The number of ether oxygens (including phenoxy) is 5. The molecule has 1 amide bonds. The first-order valence-corrected chi connectivity index (χ1v) is 16.8. The Hall–Kier alpha value is -4.45. The van der Waals surface area contributed by atoms with E-state index >= 15 is 0 Å². The maximum absolute atomic E-state index is 13.1. The summed E-state index contributed by atoms with van der Waals surface area (Å²) >= 11 is 0. The van der Waals surface area contributed by atoms with Gasteiger partial charge in [0.1, 0.15) is 31.5 Å². The minimum absolute atomic E-state index is 0.191. The number of rotatable bonds is 19. The summed E-state index contributed by atoms with van der Waals surface area (Å²) in [5, 5.41) is 15.0. The third-order valence-corrected chi connectivity index (χ3v) is 8.06. The number of unbranched alkanes of at least 4 members (excludes halogenated alkanes) is 3. The minimum Gasteiger partial charge on any atom is -0.459 e. The molecule has 3 aromatic carbocycles. The van der Waals surface area contributed by atoms with E-state index < -0.39 is 36.6 Å². The summed E-state index contributed by atoms with van der Waals surface area (Å²) in [5.41, 5.74) is 11.6. The third kappa shape index (κ3) is 12.2. The molecular weight excluding hydrogens is 628 g/mol. The highest BCUT2D eigenvalue weighted by Gasteiger charge is 2.46. The number of nitrogens with zero attached hydrogens (tertiary/aromatic N) is 4. The van der Waals surface area contributed by atoms with Gasteiger partial charge in [-0.15, -0.1) is 0 Å². The van der Waals surface area contributed by atoms with Gasteiger partial charge in [0.2, 0.25) is 0 Å². The van der Waals surface area contributed by atoms with Crippen molar-refractivity contribution in [1.82, 2.24) is 4.90 Å². The summed E-state index contributed by atoms with van der Waals surface area (Å²) in [4.78, 5) is 30.3. The molecule has 0 saturated carbocycles. The molecule has 3 aromatic rings. The van der Waals surface area contributed by atoms with Crippen molar-refractivity contribution in [3.63, 3.8) is 0 Å². The van der Waals surface area contributed by atoms with Gasteiger partial charge in [-0.25, -0.2) is 9.59 Å². The lowest BCUT2D eigenvalue weighted by molar-refractivity contribution is -0.272. The maximum atomic E-state index is 13.1. The van der Waals surface area contributed by atoms with E-state index in [9.17, 15) is 20.2 Å². The molecule has 1 fully saturated rings. The lowest BCUT2D eigenvalue weighted by atomic mass is 9.97. The zero-order valence-corrected chi connectivity index (χ0v) is 27.9. The van der Waals surface area contributed by atoms with Gasteiger partial charge in [-0.1, -0.05) is 97.3 Å². The van der Waals surface area contributed by atoms with Gasteiger partial charge in [0.05, 0.1) is 11.7 Å². The van der Waals surface area contributed by atoms with Crippen LogP contribution in [0, 0.1) is 0 Å². The molecule has 5 atom stereocenters. The summed E-state index contributed by atoms with van der Waals surface area (Å²) in [5.74, 6) is -0.556. The maximum Gasteiger partial charge on any atom is 0.410 e. The summed E-state index contributed by atoms with van der Waals surface area (Å²) in [7, 11) is 0. The topological polar surface area (TPSA) is 153 Å². The van der Waals surface area contributed by atoms with Gasteiger partial charge in [0, 0.05) is 31.2 Å². The molecule has 49 heavy (non-hydrogen) atoms. The number of amides is 1. The first-order chi connectivity index (χ1) is 24.0. The van der Waals surface area contributed by atoms with Gasteiger partial charge in [0.25, 0.3) is 0 Å². The molecule has 1 aliphatic rings. The van der Waals surface area contributed by atoms with E-state index in [1.807, 2.05) is 67.6 Å². The van der Waals surface area contributed by atoms with E-state index in [1.54, 1.807) is 35.2 Å². The van der Waals surface area contributed by atoms with Crippen molar-refractivity contribution in [3.8, 4) is 0 Å². The molecule has 0 aliphatic carbocycles. The summed E-state index contributed by atoms with van der Waals surface area (Å²) in [6.45, 7) is 3.46. The van der Waals surface area contributed by atoms with Crippen LogP contribution in [-0.4, -0.2) is 79.1 Å². The number of carbonyl (C=O) groups is 2. The van der Waals surface area contributed by atoms with Crippen LogP contribution in [0.25, 0.3) is 10.4 Å². The van der Waals surface area contributed by atoms with E-state index in [1.165, 1.54) is 0 Å². The molecule has 1 saturated heterocycles. The number of benzene rings is 3. The largest absolute Gasteiger partial charge is 0.459 e. The van der Waals surface area contributed by atoms with Gasteiger partial charge < -0.3 is 33.7 Å². The molecule has 12 nitrogen and oxygen atoms in total. The van der Waals surface area contributed by atoms with Gasteiger partial charge in [-0.05, 0) is 54.5 Å². The number of hydrogen-bond acceptors (Lipinski definition) is 9. The van der Waals surface area contributed by atoms with Crippen LogP contribution in [0.1, 0.15) is 60.5 Å². The van der Waals surface area contributed by atoms with Gasteiger partial charge in [-0.3, -0.25) is 0 Å². The predicted molar refractivity (Wildman–Crippen MR) is 182 cm³/mol. The van der Waals surface area contributed by atoms with Crippen molar-refractivity contribution in [2.45, 2.75) is 82.8 Å². The van der Waals surface area contributed by atoms with Gasteiger partial charge >= 0.3 is 12.1 Å². The van der Waals surface area contributed by atoms with Crippen LogP contribution in [-0.2, 0) is 36.8 Å². The molecule has 262 valence electrons. The van der Waals surface area contributed by atoms with E-state index in [-0.39, 0.29) is 25.9 Å². The second-order valence-corrected chi connectivity index (χ2v) is 11.8. The Morgan fingerprint density at radius 2 is 1.51 bits per heavy atom. The van der Waals surface area contributed by atoms with Crippen LogP contribution in [0.3, 0.4) is 0 Å². The van der Waals surface area contributed by atoms with E-state index in [2.05, 4.69) is 10.0 Å². The van der Waals surface area contributed by atoms with Crippen molar-refractivity contribution >= 4 is 12.1 Å². The van der Waals surface area contributed by atoms with Gasteiger partial charge in [0.15, 0.2) is 6.29 Å². The van der Waals surface area contributed by atoms with E-state index in [4.69, 9.17) is 23.7 Å². The highest BCUT2D eigenvalue weighted by molar-refractivity contribution is 5.89. The van der Waals surface area contributed by atoms with Crippen LogP contribution in [0.4, 0.5) is 4.79 Å². The highest BCUT2D eigenvalue weighted by atomic mass is 16.7. The monoisotopic (exact) mass is 674 g/mol. The van der Waals surface area contributed by atoms with Crippen LogP contribution in [0.2, 0.25) is 0 Å². The van der Waals surface area contributed by atoms with E-state index in [0.29, 0.717) is 38.1 Å². The van der Waals surface area contributed by atoms with Crippen LogP contribution in [0.15, 0.2) is 96.1 Å². The lowest BCUT2D eigenvalue weighted by Gasteiger charge is -2.42. The zero-order valence-electron chi connectivity index (χ0n) is 27.9. The number of carbonyl (C=O) groups excluding carboxylic acids is 2. The number of esters is 1. The summed E-state index contributed by atoms with van der Waals surface area (Å²) < 4.78 is 29.2. The molecule has 2 unspecified atom stereocenters. The van der Waals surface area contributed by atoms with Crippen molar-refractivity contribution in [3.05, 3.63) is 118 Å². The van der Waals surface area contributed by atoms with Crippen molar-refractivity contribution in [2.24, 2.45) is 5.11 Å². The lowest BCUT2D eigenvalue weighted by Crippen LogP contribution is -2.59. The second-order valence-electron chi connectivity index (χ2n) is 11.8. The number of hydrogen-bond donors (Lipinski definition) is 1. The Morgan fingerprint density at radius 1 is 0.857 bits per heavy atom. The molecule has 1 N–H and O–H groups in total. The van der Waals surface area contributed by atoms with Crippen LogP contribution < -0.4 is 0 Å². The van der Waals surface area contributed by atoms with Crippen molar-refractivity contribution in [1.29, 1.82) is 0 Å². The smallest absolute Gasteiger partial charge is 0.410 e. The Balaban J connectivity index is 1.31. The fourth-order valence-corrected chi connectivity index (χ4v) is 5.36. The normalized spacial score (nSPS) is 20.2. The standard InChI is InChI=1S/C37H46N4O8/c1-2-3-23-45-34-32(39-40-38)36(49-31(33(34)42)27-47-35(43)30-20-12-6-13-21-30)46-24-15-7-14-22-41(25-28-16-8-4-9-17-28)37(44)48-26-29-18-10-5-11-19-29/h4-6,8-13,16-21,31-34,36,42H,2-3,7,14-15,22-27H2,1H3/t31?,32-,33+,34?,36+/m0/s1. The average molecular weight is 675 g/mol. The minimum atomic E-state index is -1.23. The van der Waals surface area contributed by atoms with Crippen LogP contribution in [0.5, 0.6) is 0 Å². The number of aliphatic hydroxyl groups excluding tert-OH is 1. The fraction of sp³-hybridized carbons (Fsp3) is 0.459. The summed E-state index contributed by atoms with van der Waals surface area (Å²) in [6.07, 6.45) is -0.874. The number of azide groups is 1. The van der Waals surface area contributed by atoms with Gasteiger partial charge in [-0.2, -0.15) is 0 Å². The number of aliphatic hydroxyl groups is 1. The quantitative estimate of drug-likeness (QED) is 0.0478. The highest BCUT2D eigenvalue weighted by Crippen LogP contribution is 2.28. The Morgan fingerprint density at radius 3 is 2.18 bits per heavy atom.